The van der Waals surface area contributed by atoms with E-state index < -0.39 is 5.79 Å². The Morgan fingerprint density at radius 3 is 2.35 bits per heavy atom. The minimum Gasteiger partial charge on any atom is -0.380 e. The quantitative estimate of drug-likeness (QED) is 0.405. The van der Waals surface area contributed by atoms with Crippen LogP contribution in [0, 0.1) is 17.8 Å². The Morgan fingerprint density at radius 2 is 1.52 bits per heavy atom. The first kappa shape index (κ1) is 36.4. The molecule has 0 aromatic rings. The highest BCUT2D eigenvalue weighted by Crippen LogP contribution is 2.54. The zero-order valence-corrected chi connectivity index (χ0v) is 31.4. The van der Waals surface area contributed by atoms with E-state index in [1.54, 1.807) is 7.11 Å². The third-order valence-corrected chi connectivity index (χ3v) is 14.5. The van der Waals surface area contributed by atoms with E-state index in [-0.39, 0.29) is 109 Å². The molecule has 0 aliphatic carbocycles. The summed E-state index contributed by atoms with van der Waals surface area (Å²) in [5.74, 6) is -0.0221. The highest BCUT2D eigenvalue weighted by atomic mass is 16.8. The number of rotatable bonds is 4. The van der Waals surface area contributed by atoms with E-state index in [0.29, 0.717) is 44.6 Å². The summed E-state index contributed by atoms with van der Waals surface area (Å²) >= 11 is 0. The van der Waals surface area contributed by atoms with Gasteiger partial charge in [-0.25, -0.2) is 0 Å². The minimum absolute atomic E-state index is 0.0127. The second-order valence-corrected chi connectivity index (χ2v) is 17.8. The number of carbonyl (C=O) groups is 1. The van der Waals surface area contributed by atoms with Crippen molar-refractivity contribution in [2.45, 2.75) is 195 Å². The van der Waals surface area contributed by atoms with Gasteiger partial charge in [-0.3, -0.25) is 4.79 Å². The van der Waals surface area contributed by atoms with Gasteiger partial charge in [0.25, 0.3) is 0 Å². The largest absolute Gasteiger partial charge is 0.380 e. The Morgan fingerprint density at radius 1 is 0.769 bits per heavy atom. The molecular weight excluding hydrogens is 666 g/mol. The van der Waals surface area contributed by atoms with Crippen LogP contribution >= 0.6 is 0 Å². The van der Waals surface area contributed by atoms with Crippen LogP contribution in [-0.4, -0.2) is 117 Å². The predicted octanol–water partition coefficient (Wildman–Crippen LogP) is 4.71. The molecule has 10 aliphatic heterocycles. The number of methoxy groups -OCH3 is 1. The van der Waals surface area contributed by atoms with Crippen molar-refractivity contribution in [2.24, 2.45) is 23.5 Å². The SMILES string of the molecule is C=C1C[C@@H]2CC[C@@]34C[C@H]5O[C@H]6[C@@H](O3)[C@H]3O[C@H](CC[C@@H]3O[C@H]6[C@H]5O4)CC(=O)C[C@@H]3[C@@H](C)[C@@H](C[C@@H](CN)OC)O[C@H]3C[C@H]3O[C@@H](CC[C@@H]1O2)C[C@@H](C)C3=C. The van der Waals surface area contributed by atoms with Crippen LogP contribution in [0.4, 0.5) is 0 Å². The first-order valence-corrected chi connectivity index (χ1v) is 20.5. The predicted molar refractivity (Wildman–Crippen MR) is 189 cm³/mol. The lowest BCUT2D eigenvalue weighted by Gasteiger charge is -2.47. The van der Waals surface area contributed by atoms with Gasteiger partial charge in [0.2, 0.25) is 0 Å². The molecule has 0 saturated carbocycles. The van der Waals surface area contributed by atoms with Crippen LogP contribution in [-0.2, 0) is 47.4 Å². The van der Waals surface area contributed by atoms with E-state index in [4.69, 9.17) is 48.4 Å². The summed E-state index contributed by atoms with van der Waals surface area (Å²) < 4.78 is 60.0. The van der Waals surface area contributed by atoms with Crippen molar-refractivity contribution in [1.29, 1.82) is 0 Å². The maximum absolute atomic E-state index is 14.1. The number of hydrogen-bond acceptors (Lipinski definition) is 11. The first-order valence-electron chi connectivity index (χ1n) is 20.5. The van der Waals surface area contributed by atoms with E-state index in [1.165, 1.54) is 0 Å². The average Bonchev–Trinajstić information content (AvgIpc) is 3.79. The van der Waals surface area contributed by atoms with Crippen molar-refractivity contribution in [3.8, 4) is 0 Å². The highest BCUT2D eigenvalue weighted by molar-refractivity contribution is 5.79. The summed E-state index contributed by atoms with van der Waals surface area (Å²) in [6, 6.07) is 0. The lowest BCUT2D eigenvalue weighted by molar-refractivity contribution is -0.292. The zero-order chi connectivity index (χ0) is 35.9. The van der Waals surface area contributed by atoms with Gasteiger partial charge in [0.05, 0.1) is 61.0 Å². The van der Waals surface area contributed by atoms with Gasteiger partial charge in [0.15, 0.2) is 5.79 Å². The third-order valence-electron chi connectivity index (χ3n) is 14.5. The molecule has 0 radical (unpaired) electrons. The molecule has 0 aromatic carbocycles. The molecule has 290 valence electrons. The minimum atomic E-state index is -0.757. The molecule has 10 rings (SSSR count). The lowest BCUT2D eigenvalue weighted by atomic mass is 9.78. The molecule has 10 saturated heterocycles. The Bertz CT molecular complexity index is 1370. The lowest BCUT2D eigenvalue weighted by Crippen LogP contribution is -2.61. The maximum atomic E-state index is 14.1. The van der Waals surface area contributed by atoms with E-state index >= 15 is 0 Å². The van der Waals surface area contributed by atoms with Crippen LogP contribution in [0.1, 0.15) is 97.3 Å². The molecule has 11 heteroatoms. The maximum Gasteiger partial charge on any atom is 0.172 e. The smallest absolute Gasteiger partial charge is 0.172 e. The van der Waals surface area contributed by atoms with Gasteiger partial charge in [0, 0.05) is 52.2 Å². The van der Waals surface area contributed by atoms with Crippen LogP contribution in [0.15, 0.2) is 24.3 Å². The topological polar surface area (TPSA) is 126 Å². The summed E-state index contributed by atoms with van der Waals surface area (Å²) in [5, 5.41) is 0. The second kappa shape index (κ2) is 14.4. The van der Waals surface area contributed by atoms with Crippen LogP contribution in [0.3, 0.4) is 0 Å². The van der Waals surface area contributed by atoms with Crippen molar-refractivity contribution in [1.82, 2.24) is 0 Å². The fourth-order valence-corrected chi connectivity index (χ4v) is 11.5. The molecule has 2 N–H and O–H groups in total. The molecule has 0 amide bonds. The molecule has 10 heterocycles. The van der Waals surface area contributed by atoms with Crippen molar-refractivity contribution >= 4 is 5.78 Å². The Hall–Kier alpha value is -1.25. The van der Waals surface area contributed by atoms with E-state index in [2.05, 4.69) is 27.0 Å². The molecule has 0 aromatic heterocycles. The summed E-state index contributed by atoms with van der Waals surface area (Å²) in [6.45, 7) is 13.9. The van der Waals surface area contributed by atoms with Crippen LogP contribution < -0.4 is 5.73 Å². The van der Waals surface area contributed by atoms with Gasteiger partial charge in [0.1, 0.15) is 36.3 Å². The van der Waals surface area contributed by atoms with Gasteiger partial charge in [-0.2, -0.15) is 0 Å². The Kier molecular flexibility index (Phi) is 10.0. The van der Waals surface area contributed by atoms with Gasteiger partial charge in [-0.15, -0.1) is 0 Å². The monoisotopic (exact) mass is 727 g/mol. The number of ether oxygens (including phenoxy) is 9. The van der Waals surface area contributed by atoms with Crippen molar-refractivity contribution in [3.05, 3.63) is 24.3 Å². The fraction of sp³-hybridized carbons (Fsp3) is 0.878. The van der Waals surface area contributed by atoms with Gasteiger partial charge >= 0.3 is 0 Å². The summed E-state index contributed by atoms with van der Waals surface area (Å²) in [7, 11) is 1.70. The molecule has 19 atom stereocenters. The highest BCUT2D eigenvalue weighted by Gasteiger charge is 2.68. The Balaban J connectivity index is 0.985. The number of carbonyl (C=O) groups excluding carboxylic acids is 1. The molecule has 11 nitrogen and oxygen atoms in total. The first-order chi connectivity index (χ1) is 25.1. The molecule has 0 unspecified atom stereocenters. The number of nitrogens with two attached hydrogens (primary N) is 1. The summed E-state index contributed by atoms with van der Waals surface area (Å²) in [6.07, 6.45) is 7.80. The van der Waals surface area contributed by atoms with E-state index in [0.717, 1.165) is 62.5 Å². The molecule has 12 bridgehead atoms. The van der Waals surface area contributed by atoms with Gasteiger partial charge in [-0.05, 0) is 73.8 Å². The third kappa shape index (κ3) is 6.60. The molecule has 1 spiro atoms. The van der Waals surface area contributed by atoms with Crippen molar-refractivity contribution < 1.29 is 47.4 Å². The molecule has 10 fully saturated rings. The van der Waals surface area contributed by atoms with E-state index in [1.807, 2.05) is 0 Å². The summed E-state index contributed by atoms with van der Waals surface area (Å²) in [4.78, 5) is 14.1. The standard InChI is InChI=1S/C41H61NO10/c1-20-12-25-6-8-30-21(2)13-27(45-30)10-11-41-18-35-37(51-41)38-39(50-35)40(52-41)36-31(49-38)9-7-26(47-36)14-24(43)15-29-23(4)32(16-28(19-42)44-5)48-34(29)17-33(46-25)22(20)3/h20,23,25-40H,2-3,6-19,42H2,1,4-5H3/t20-,23-,25+,26-,27+,28+,29-,30+,31+,32-,33-,34+,35-,36+,37+,38+,39-,40+,41+/m1/s1. The normalized spacial score (nSPS) is 52.4. The van der Waals surface area contributed by atoms with Crippen molar-refractivity contribution in [2.75, 3.05) is 13.7 Å². The number of Topliss-reactive ketones (excluding diaryl/α,β-unsaturated/α-hetero) is 1. The van der Waals surface area contributed by atoms with Crippen molar-refractivity contribution in [3.63, 3.8) is 0 Å². The van der Waals surface area contributed by atoms with Crippen LogP contribution in [0.2, 0.25) is 0 Å². The average molecular weight is 728 g/mol. The number of fused-ring (bicyclic) bond motifs is 6. The summed E-state index contributed by atoms with van der Waals surface area (Å²) in [5.41, 5.74) is 8.33. The zero-order valence-electron chi connectivity index (χ0n) is 31.4. The molecule has 52 heavy (non-hydrogen) atoms. The van der Waals surface area contributed by atoms with Crippen LogP contribution in [0.5, 0.6) is 0 Å². The molecule has 10 aliphatic rings. The number of hydrogen-bond donors (Lipinski definition) is 1. The second-order valence-electron chi connectivity index (χ2n) is 17.8. The van der Waals surface area contributed by atoms with Crippen LogP contribution in [0.25, 0.3) is 0 Å². The number of ketones is 1. The van der Waals surface area contributed by atoms with Gasteiger partial charge < -0.3 is 48.4 Å². The van der Waals surface area contributed by atoms with Gasteiger partial charge in [-0.1, -0.05) is 27.0 Å². The Labute approximate surface area is 308 Å². The fourth-order valence-electron chi connectivity index (χ4n) is 11.5. The molecular formula is C41H61NO10. The van der Waals surface area contributed by atoms with E-state index in [9.17, 15) is 4.79 Å².